The monoisotopic (exact) mass is 448 g/mol. The summed E-state index contributed by atoms with van der Waals surface area (Å²) in [5, 5.41) is 10.3. The van der Waals surface area contributed by atoms with Gasteiger partial charge in [-0.3, -0.25) is 0 Å². The Labute approximate surface area is 195 Å². The fraction of sp³-hybridized carbons (Fsp3) is 0.704. The van der Waals surface area contributed by atoms with E-state index in [2.05, 4.69) is 26.8 Å². The maximum absolute atomic E-state index is 10.3. The van der Waals surface area contributed by atoms with E-state index in [1.807, 2.05) is 30.3 Å². The lowest BCUT2D eigenvalue weighted by molar-refractivity contribution is -0.110. The van der Waals surface area contributed by atoms with Gasteiger partial charge in [-0.25, -0.2) is 0 Å². The van der Waals surface area contributed by atoms with Crippen LogP contribution in [0.4, 0.5) is 0 Å². The molecule has 32 heavy (non-hydrogen) atoms. The molecule has 0 spiro atoms. The van der Waals surface area contributed by atoms with Gasteiger partial charge in [-0.05, 0) is 55.2 Å². The minimum Gasteiger partial charge on any atom is -0.497 e. The van der Waals surface area contributed by atoms with Gasteiger partial charge in [0.2, 0.25) is 0 Å². The van der Waals surface area contributed by atoms with Crippen LogP contribution >= 0.6 is 0 Å². The largest absolute Gasteiger partial charge is 0.497 e. The first-order valence-electron chi connectivity index (χ1n) is 12.1. The van der Waals surface area contributed by atoms with Crippen LogP contribution in [0.25, 0.3) is 0 Å². The number of hydrogen-bond acceptors (Lipinski definition) is 5. The maximum atomic E-state index is 10.3. The Morgan fingerprint density at radius 1 is 1.12 bits per heavy atom. The molecule has 0 unspecified atom stereocenters. The predicted octanol–water partition coefficient (Wildman–Crippen LogP) is 5.54. The van der Waals surface area contributed by atoms with Crippen molar-refractivity contribution in [2.24, 2.45) is 11.8 Å². The summed E-state index contributed by atoms with van der Waals surface area (Å²) in [7, 11) is 3.44. The highest BCUT2D eigenvalue weighted by molar-refractivity contribution is 5.26. The Morgan fingerprint density at radius 3 is 2.53 bits per heavy atom. The van der Waals surface area contributed by atoms with Crippen LogP contribution in [0, 0.1) is 11.8 Å². The summed E-state index contributed by atoms with van der Waals surface area (Å²) >= 11 is 0. The molecule has 1 heterocycles. The molecule has 1 aliphatic heterocycles. The molecule has 2 rings (SSSR count). The first kappa shape index (κ1) is 26.8. The van der Waals surface area contributed by atoms with Crippen LogP contribution < -0.4 is 4.74 Å². The summed E-state index contributed by atoms with van der Waals surface area (Å²) in [6.07, 6.45) is 9.45. The summed E-state index contributed by atoms with van der Waals surface area (Å²) in [5.41, 5.74) is 1.13. The average Bonchev–Trinajstić information content (AvgIpc) is 2.78. The second kappa shape index (κ2) is 14.7. The zero-order valence-electron chi connectivity index (χ0n) is 20.7. The van der Waals surface area contributed by atoms with Crippen LogP contribution in [0.5, 0.6) is 5.75 Å². The van der Waals surface area contributed by atoms with Crippen LogP contribution in [-0.2, 0) is 20.8 Å². The molecule has 1 aromatic rings. The van der Waals surface area contributed by atoms with E-state index in [0.717, 1.165) is 43.4 Å². The van der Waals surface area contributed by atoms with E-state index in [1.165, 1.54) is 0 Å². The third kappa shape index (κ3) is 10.0. The average molecular weight is 449 g/mol. The molecule has 5 heteroatoms. The molecular formula is C27H44O5. The quantitative estimate of drug-likeness (QED) is 0.299. The topological polar surface area (TPSA) is 57.2 Å². The summed E-state index contributed by atoms with van der Waals surface area (Å²) in [4.78, 5) is 0. The first-order chi connectivity index (χ1) is 15.4. The number of rotatable bonds is 14. The molecule has 1 N–H and O–H groups in total. The number of benzene rings is 1. The molecule has 0 saturated carbocycles. The van der Waals surface area contributed by atoms with Gasteiger partial charge in [0.15, 0.2) is 0 Å². The fourth-order valence-corrected chi connectivity index (χ4v) is 4.12. The van der Waals surface area contributed by atoms with Crippen LogP contribution in [0.1, 0.15) is 64.9 Å². The Kier molecular flexibility index (Phi) is 12.3. The summed E-state index contributed by atoms with van der Waals surface area (Å²) < 4.78 is 23.2. The zero-order chi connectivity index (χ0) is 23.3. The van der Waals surface area contributed by atoms with Crippen molar-refractivity contribution in [3.8, 4) is 5.75 Å². The van der Waals surface area contributed by atoms with E-state index < -0.39 is 6.10 Å². The molecule has 0 aliphatic carbocycles. The lowest BCUT2D eigenvalue weighted by atomic mass is 9.88. The molecule has 1 saturated heterocycles. The highest BCUT2D eigenvalue weighted by Crippen LogP contribution is 2.30. The van der Waals surface area contributed by atoms with Crippen molar-refractivity contribution in [2.45, 2.75) is 90.3 Å². The van der Waals surface area contributed by atoms with Gasteiger partial charge in [-0.1, -0.05) is 45.1 Å². The molecule has 1 aliphatic rings. The molecule has 0 radical (unpaired) electrons. The number of allylic oxidation sites excluding steroid dienone is 1. The van der Waals surface area contributed by atoms with Crippen LogP contribution in [0.3, 0.4) is 0 Å². The fourth-order valence-electron chi connectivity index (χ4n) is 4.12. The minimum atomic E-state index is -0.433. The Hall–Kier alpha value is -1.40. The first-order valence-corrected chi connectivity index (χ1v) is 12.1. The van der Waals surface area contributed by atoms with Crippen molar-refractivity contribution in [3.05, 3.63) is 42.0 Å². The van der Waals surface area contributed by atoms with E-state index in [4.69, 9.17) is 18.9 Å². The van der Waals surface area contributed by atoms with Gasteiger partial charge in [0, 0.05) is 26.6 Å². The second-order valence-electron chi connectivity index (χ2n) is 9.49. The van der Waals surface area contributed by atoms with Crippen molar-refractivity contribution >= 4 is 0 Å². The zero-order valence-corrected chi connectivity index (χ0v) is 20.7. The van der Waals surface area contributed by atoms with Crippen molar-refractivity contribution in [2.75, 3.05) is 20.8 Å². The highest BCUT2D eigenvalue weighted by atomic mass is 16.5. The highest BCUT2D eigenvalue weighted by Gasteiger charge is 2.31. The van der Waals surface area contributed by atoms with Gasteiger partial charge >= 0.3 is 0 Å². The summed E-state index contributed by atoms with van der Waals surface area (Å²) in [6, 6.07) is 7.95. The van der Waals surface area contributed by atoms with Crippen molar-refractivity contribution in [1.29, 1.82) is 0 Å². The molecular weight excluding hydrogens is 404 g/mol. The van der Waals surface area contributed by atoms with E-state index >= 15 is 0 Å². The summed E-state index contributed by atoms with van der Waals surface area (Å²) in [6.45, 7) is 7.86. The van der Waals surface area contributed by atoms with Gasteiger partial charge < -0.3 is 24.1 Å². The van der Waals surface area contributed by atoms with Crippen molar-refractivity contribution < 1.29 is 24.1 Å². The maximum Gasteiger partial charge on any atom is 0.118 e. The van der Waals surface area contributed by atoms with Gasteiger partial charge in [0.05, 0.1) is 38.1 Å². The normalized spacial score (nSPS) is 23.5. The number of methoxy groups -OCH3 is 2. The second-order valence-corrected chi connectivity index (χ2v) is 9.49. The number of ether oxygens (including phenoxy) is 4. The Balaban J connectivity index is 1.73. The third-order valence-electron chi connectivity index (χ3n) is 6.26. The van der Waals surface area contributed by atoms with E-state index in [9.17, 15) is 5.11 Å². The molecule has 5 atom stereocenters. The lowest BCUT2D eigenvalue weighted by Gasteiger charge is -2.37. The summed E-state index contributed by atoms with van der Waals surface area (Å²) in [5.74, 6) is 1.96. The van der Waals surface area contributed by atoms with Gasteiger partial charge in [-0.15, -0.1) is 0 Å². The third-order valence-corrected chi connectivity index (χ3v) is 6.26. The molecule has 0 bridgehead atoms. The van der Waals surface area contributed by atoms with Gasteiger partial charge in [0.1, 0.15) is 5.75 Å². The van der Waals surface area contributed by atoms with Crippen LogP contribution in [0.2, 0.25) is 0 Å². The predicted molar refractivity (Wildman–Crippen MR) is 129 cm³/mol. The number of hydrogen-bond donors (Lipinski definition) is 1. The molecule has 1 aromatic carbocycles. The Bertz CT molecular complexity index is 642. The van der Waals surface area contributed by atoms with Crippen molar-refractivity contribution in [1.82, 2.24) is 0 Å². The number of aliphatic hydroxyl groups is 1. The molecule has 0 aromatic heterocycles. The molecule has 0 amide bonds. The van der Waals surface area contributed by atoms with E-state index in [0.29, 0.717) is 31.5 Å². The smallest absolute Gasteiger partial charge is 0.118 e. The van der Waals surface area contributed by atoms with Gasteiger partial charge in [0.25, 0.3) is 0 Å². The SMILES string of the molecule is COc1ccc(COCC[C@@H](C[C@H]2O[C@H](C[C@@H](O)/C=C/CC(C)C)CC[C@@H]2C)OC)cc1. The standard InChI is InChI=1S/C27H44O5/c1-20(2)7-6-8-23(28)17-26-12-9-21(3)27(32-26)18-25(30-5)15-16-31-19-22-10-13-24(29-4)14-11-22/h6,8,10-11,13-14,20-21,23,25-28H,7,9,12,15-19H2,1-5H3/b8-6+/t21-,23-,25-,26-,27+/m0/s1. The Morgan fingerprint density at radius 2 is 1.88 bits per heavy atom. The number of aliphatic hydroxyl groups excluding tert-OH is 1. The van der Waals surface area contributed by atoms with E-state index in [1.54, 1.807) is 14.2 Å². The minimum absolute atomic E-state index is 0.105. The van der Waals surface area contributed by atoms with Gasteiger partial charge in [-0.2, -0.15) is 0 Å². The van der Waals surface area contributed by atoms with Crippen molar-refractivity contribution in [3.63, 3.8) is 0 Å². The molecule has 1 fully saturated rings. The van der Waals surface area contributed by atoms with Crippen LogP contribution in [0.15, 0.2) is 36.4 Å². The molecule has 182 valence electrons. The van der Waals surface area contributed by atoms with Crippen LogP contribution in [-0.4, -0.2) is 50.3 Å². The lowest BCUT2D eigenvalue weighted by Crippen LogP contribution is -2.38. The molecule has 5 nitrogen and oxygen atoms in total. The van der Waals surface area contributed by atoms with E-state index in [-0.39, 0.29) is 18.3 Å².